The fourth-order valence-electron chi connectivity index (χ4n) is 3.99. The predicted molar refractivity (Wildman–Crippen MR) is 102 cm³/mol. The van der Waals surface area contributed by atoms with Crippen molar-refractivity contribution in [2.24, 2.45) is 0 Å². The van der Waals surface area contributed by atoms with E-state index in [-0.39, 0.29) is 29.7 Å². The van der Waals surface area contributed by atoms with E-state index in [4.69, 9.17) is 0 Å². The van der Waals surface area contributed by atoms with Gasteiger partial charge in [0.1, 0.15) is 6.04 Å². The van der Waals surface area contributed by atoms with Crippen LogP contribution in [-0.2, 0) is 9.59 Å². The highest BCUT2D eigenvalue weighted by Gasteiger charge is 2.34. The summed E-state index contributed by atoms with van der Waals surface area (Å²) in [6.07, 6.45) is 8.61. The fourth-order valence-corrected chi connectivity index (χ4v) is 4.68. The minimum atomic E-state index is -0.322. The van der Waals surface area contributed by atoms with Crippen LogP contribution in [0.5, 0.6) is 0 Å². The number of rotatable bonds is 7. The van der Waals surface area contributed by atoms with Gasteiger partial charge in [-0.2, -0.15) is 0 Å². The highest BCUT2D eigenvalue weighted by Crippen LogP contribution is 2.22. The molecule has 26 heavy (non-hydrogen) atoms. The number of nitrogens with zero attached hydrogens (tertiary/aromatic N) is 1. The van der Waals surface area contributed by atoms with E-state index >= 15 is 0 Å². The third-order valence-corrected chi connectivity index (χ3v) is 6.33. The smallest absolute Gasteiger partial charge is 0.243 e. The van der Waals surface area contributed by atoms with Crippen molar-refractivity contribution in [2.45, 2.75) is 76.3 Å². The van der Waals surface area contributed by atoms with Gasteiger partial charge in [0.15, 0.2) is 5.78 Å². The minimum absolute atomic E-state index is 0.00488. The number of nitrogens with one attached hydrogen (secondary N) is 1. The minimum Gasteiger partial charge on any atom is -0.352 e. The van der Waals surface area contributed by atoms with E-state index in [2.05, 4.69) is 5.32 Å². The Bertz CT molecular complexity index is 623. The third-order valence-electron chi connectivity index (χ3n) is 5.42. The standard InChI is InChI=1S/C20H28N2O3S/c23-17(18-11-6-14-26-18)10-4-12-19(24)22-13-5-9-16(22)20(25)21-15-7-2-1-3-8-15/h6,11,14-16H,1-5,7-10,12-13H2,(H,21,25)/t16-/m1/s1. The van der Waals surface area contributed by atoms with E-state index < -0.39 is 0 Å². The molecule has 2 heterocycles. The molecule has 1 atom stereocenters. The molecule has 2 amide bonds. The van der Waals surface area contributed by atoms with E-state index in [1.165, 1.54) is 30.6 Å². The van der Waals surface area contributed by atoms with E-state index in [0.29, 0.717) is 25.8 Å². The summed E-state index contributed by atoms with van der Waals surface area (Å²) in [5.74, 6) is 0.114. The molecule has 142 valence electrons. The van der Waals surface area contributed by atoms with Crippen LogP contribution >= 0.6 is 11.3 Å². The van der Waals surface area contributed by atoms with Crippen molar-refractivity contribution in [1.29, 1.82) is 0 Å². The number of amides is 2. The molecule has 0 aromatic carbocycles. The highest BCUT2D eigenvalue weighted by molar-refractivity contribution is 7.12. The van der Waals surface area contributed by atoms with Crippen molar-refractivity contribution in [3.8, 4) is 0 Å². The van der Waals surface area contributed by atoms with Crippen LogP contribution in [0.1, 0.15) is 73.9 Å². The maximum absolute atomic E-state index is 12.6. The van der Waals surface area contributed by atoms with Crippen LogP contribution in [0, 0.1) is 0 Å². The van der Waals surface area contributed by atoms with Gasteiger partial charge in [0.25, 0.3) is 0 Å². The fraction of sp³-hybridized carbons (Fsp3) is 0.650. The Kier molecular flexibility index (Phi) is 6.83. The zero-order valence-electron chi connectivity index (χ0n) is 15.2. The van der Waals surface area contributed by atoms with Gasteiger partial charge in [-0.1, -0.05) is 25.3 Å². The van der Waals surface area contributed by atoms with Gasteiger partial charge < -0.3 is 10.2 Å². The molecule has 5 nitrogen and oxygen atoms in total. The summed E-state index contributed by atoms with van der Waals surface area (Å²) >= 11 is 1.44. The number of Topliss-reactive ketones (excluding diaryl/α,β-unsaturated/α-hetero) is 1. The second-order valence-electron chi connectivity index (χ2n) is 7.34. The molecule has 0 radical (unpaired) electrons. The highest BCUT2D eigenvalue weighted by atomic mass is 32.1. The van der Waals surface area contributed by atoms with Gasteiger partial charge >= 0.3 is 0 Å². The number of likely N-dealkylation sites (tertiary alicyclic amines) is 1. The summed E-state index contributed by atoms with van der Waals surface area (Å²) in [7, 11) is 0. The molecule has 2 aliphatic rings. The first kappa shape index (κ1) is 19.1. The number of thiophene rings is 1. The first-order chi connectivity index (χ1) is 12.6. The van der Waals surface area contributed by atoms with Crippen LogP contribution in [-0.4, -0.2) is 41.1 Å². The first-order valence-electron chi connectivity index (χ1n) is 9.81. The van der Waals surface area contributed by atoms with E-state index in [1.807, 2.05) is 17.5 Å². The number of hydrogen-bond acceptors (Lipinski definition) is 4. The Morgan fingerprint density at radius 2 is 1.88 bits per heavy atom. The largest absolute Gasteiger partial charge is 0.352 e. The van der Waals surface area contributed by atoms with Gasteiger partial charge in [-0.15, -0.1) is 11.3 Å². The van der Waals surface area contributed by atoms with Gasteiger partial charge in [0.05, 0.1) is 4.88 Å². The van der Waals surface area contributed by atoms with Crippen LogP contribution in [0.4, 0.5) is 0 Å². The maximum Gasteiger partial charge on any atom is 0.243 e. The van der Waals surface area contributed by atoms with E-state index in [1.54, 1.807) is 4.90 Å². The second kappa shape index (κ2) is 9.31. The Hall–Kier alpha value is -1.69. The molecule has 0 bridgehead atoms. The molecular weight excluding hydrogens is 348 g/mol. The number of ketones is 1. The lowest BCUT2D eigenvalue weighted by molar-refractivity contribution is -0.138. The molecule has 0 unspecified atom stereocenters. The van der Waals surface area contributed by atoms with Gasteiger partial charge in [0, 0.05) is 25.4 Å². The topological polar surface area (TPSA) is 66.5 Å². The molecule has 1 aromatic heterocycles. The van der Waals surface area contributed by atoms with Gasteiger partial charge in [-0.05, 0) is 43.6 Å². The number of carbonyl (C=O) groups is 3. The van der Waals surface area contributed by atoms with Crippen LogP contribution in [0.25, 0.3) is 0 Å². The summed E-state index contributed by atoms with van der Waals surface area (Å²) < 4.78 is 0. The van der Waals surface area contributed by atoms with Crippen molar-refractivity contribution < 1.29 is 14.4 Å². The zero-order valence-corrected chi connectivity index (χ0v) is 16.1. The molecule has 1 N–H and O–H groups in total. The molecule has 1 aromatic rings. The first-order valence-corrected chi connectivity index (χ1v) is 10.7. The lowest BCUT2D eigenvalue weighted by Crippen LogP contribution is -2.49. The summed E-state index contributed by atoms with van der Waals surface area (Å²) in [5.41, 5.74) is 0. The molecule has 3 rings (SSSR count). The second-order valence-corrected chi connectivity index (χ2v) is 8.29. The van der Waals surface area contributed by atoms with Crippen molar-refractivity contribution >= 4 is 28.9 Å². The number of carbonyl (C=O) groups excluding carboxylic acids is 3. The maximum atomic E-state index is 12.6. The molecule has 6 heteroatoms. The summed E-state index contributed by atoms with van der Waals surface area (Å²) in [4.78, 5) is 39.7. The molecule has 2 fully saturated rings. The average Bonchev–Trinajstić information content (AvgIpc) is 3.34. The molecule has 1 aliphatic carbocycles. The lowest BCUT2D eigenvalue weighted by Gasteiger charge is -2.28. The molecular formula is C20H28N2O3S. The Morgan fingerprint density at radius 3 is 2.62 bits per heavy atom. The van der Waals surface area contributed by atoms with Crippen molar-refractivity contribution in [3.63, 3.8) is 0 Å². The van der Waals surface area contributed by atoms with Crippen molar-refractivity contribution in [2.75, 3.05) is 6.54 Å². The number of hydrogen-bond donors (Lipinski definition) is 1. The quantitative estimate of drug-likeness (QED) is 0.740. The Balaban J connectivity index is 1.45. The Labute approximate surface area is 159 Å². The van der Waals surface area contributed by atoms with Gasteiger partial charge in [-0.3, -0.25) is 14.4 Å². The molecule has 1 aliphatic heterocycles. The van der Waals surface area contributed by atoms with Crippen molar-refractivity contribution in [1.82, 2.24) is 10.2 Å². The van der Waals surface area contributed by atoms with E-state index in [9.17, 15) is 14.4 Å². The average molecular weight is 377 g/mol. The predicted octanol–water partition coefficient (Wildman–Crippen LogP) is 3.54. The summed E-state index contributed by atoms with van der Waals surface area (Å²) in [6, 6.07) is 3.64. The third kappa shape index (κ3) is 4.93. The van der Waals surface area contributed by atoms with Crippen LogP contribution in [0.15, 0.2) is 17.5 Å². The van der Waals surface area contributed by atoms with Crippen LogP contribution < -0.4 is 5.32 Å². The SMILES string of the molecule is O=C(CCCC(=O)N1CCC[C@@H]1C(=O)NC1CCCCC1)c1cccs1. The molecule has 0 spiro atoms. The monoisotopic (exact) mass is 376 g/mol. The molecule has 1 saturated heterocycles. The normalized spacial score (nSPS) is 20.9. The summed E-state index contributed by atoms with van der Waals surface area (Å²) in [6.45, 7) is 0.653. The van der Waals surface area contributed by atoms with Gasteiger partial charge in [-0.25, -0.2) is 0 Å². The van der Waals surface area contributed by atoms with Gasteiger partial charge in [0.2, 0.25) is 11.8 Å². The van der Waals surface area contributed by atoms with Crippen LogP contribution in [0.3, 0.4) is 0 Å². The molecule has 1 saturated carbocycles. The van der Waals surface area contributed by atoms with Crippen LogP contribution in [0.2, 0.25) is 0 Å². The van der Waals surface area contributed by atoms with Crippen molar-refractivity contribution in [3.05, 3.63) is 22.4 Å². The van der Waals surface area contributed by atoms with E-state index in [0.717, 1.165) is 30.6 Å². The lowest BCUT2D eigenvalue weighted by atomic mass is 9.95. The zero-order chi connectivity index (χ0) is 18.4. The Morgan fingerprint density at radius 1 is 1.08 bits per heavy atom. The summed E-state index contributed by atoms with van der Waals surface area (Å²) in [5, 5.41) is 5.04.